The summed E-state index contributed by atoms with van der Waals surface area (Å²) in [6, 6.07) is 54.9. The van der Waals surface area contributed by atoms with Gasteiger partial charge in [-0.15, -0.1) is 0 Å². The van der Waals surface area contributed by atoms with Crippen LogP contribution in [0.1, 0.15) is 47.3 Å². The molecule has 0 aliphatic heterocycles. The van der Waals surface area contributed by atoms with Gasteiger partial charge in [-0.05, 0) is 100 Å². The van der Waals surface area contributed by atoms with Crippen LogP contribution >= 0.6 is 0 Å². The summed E-state index contributed by atoms with van der Waals surface area (Å²) in [6.45, 7) is 10.8. The molecule has 1 unspecified atom stereocenters. The molecule has 2 nitrogen and oxygen atoms in total. The highest BCUT2D eigenvalue weighted by Crippen LogP contribution is 2.46. The molecule has 0 spiro atoms. The van der Waals surface area contributed by atoms with E-state index in [1.165, 1.54) is 72.0 Å². The molecule has 0 saturated heterocycles. The van der Waals surface area contributed by atoms with Gasteiger partial charge in [-0.1, -0.05) is 135 Å². The highest BCUT2D eigenvalue weighted by atomic mass is 15.0. The van der Waals surface area contributed by atoms with Crippen molar-refractivity contribution in [2.24, 2.45) is 0 Å². The zero-order valence-corrected chi connectivity index (χ0v) is 28.8. The van der Waals surface area contributed by atoms with E-state index < -0.39 is 0 Å². The van der Waals surface area contributed by atoms with Gasteiger partial charge < -0.3 is 9.13 Å². The average molecular weight is 655 g/mol. The Labute approximate surface area is 299 Å². The Morgan fingerprint density at radius 1 is 0.529 bits per heavy atom. The lowest BCUT2D eigenvalue weighted by Gasteiger charge is -2.24. The van der Waals surface area contributed by atoms with E-state index in [0.29, 0.717) is 5.92 Å². The van der Waals surface area contributed by atoms with E-state index in [2.05, 4.69) is 187 Å². The number of hydrogen-bond donors (Lipinski definition) is 0. The van der Waals surface area contributed by atoms with Gasteiger partial charge in [0, 0.05) is 33.3 Å². The number of hydrogen-bond acceptors (Lipinski definition) is 0. The van der Waals surface area contributed by atoms with Crippen LogP contribution in [0.2, 0.25) is 0 Å². The van der Waals surface area contributed by atoms with Crippen molar-refractivity contribution in [1.82, 2.24) is 9.13 Å². The molecule has 8 aromatic rings. The van der Waals surface area contributed by atoms with Crippen LogP contribution in [0.3, 0.4) is 0 Å². The third-order valence-electron chi connectivity index (χ3n) is 10.5. The van der Waals surface area contributed by atoms with Crippen LogP contribution < -0.4 is 0 Å². The van der Waals surface area contributed by atoms with E-state index in [1.807, 2.05) is 12.2 Å². The molecule has 244 valence electrons. The first-order valence-corrected chi connectivity index (χ1v) is 17.7. The summed E-state index contributed by atoms with van der Waals surface area (Å²) >= 11 is 0. The molecule has 2 heteroatoms. The number of aromatic nitrogens is 2. The third kappa shape index (κ3) is 5.03. The van der Waals surface area contributed by atoms with E-state index in [-0.39, 0.29) is 0 Å². The second-order valence-electron chi connectivity index (χ2n) is 13.5. The van der Waals surface area contributed by atoms with Crippen LogP contribution in [0.25, 0.3) is 73.2 Å². The fraction of sp³-hybridized carbons (Fsp3) is 0.0612. The fourth-order valence-corrected chi connectivity index (χ4v) is 8.17. The molecule has 0 saturated carbocycles. The molecular formula is C49H38N2. The number of allylic oxidation sites excluding steroid dienone is 1. The zero-order valence-electron chi connectivity index (χ0n) is 28.8. The number of nitrogens with zero attached hydrogens (tertiary/aromatic N) is 2. The Morgan fingerprint density at radius 2 is 1.14 bits per heavy atom. The van der Waals surface area contributed by atoms with Gasteiger partial charge in [0.05, 0.1) is 22.4 Å². The minimum atomic E-state index is 0.363. The summed E-state index contributed by atoms with van der Waals surface area (Å²) < 4.78 is 4.82. The Balaban J connectivity index is 1.28. The number of para-hydroxylation sites is 2. The lowest BCUT2D eigenvalue weighted by Crippen LogP contribution is -2.09. The fourth-order valence-electron chi connectivity index (χ4n) is 8.17. The summed E-state index contributed by atoms with van der Waals surface area (Å²) in [5.41, 5.74) is 16.7. The maximum Gasteiger partial charge on any atom is 0.0578 e. The normalized spacial score (nSPS) is 14.0. The van der Waals surface area contributed by atoms with E-state index in [0.717, 1.165) is 23.5 Å². The van der Waals surface area contributed by atoms with E-state index in [9.17, 15) is 0 Å². The zero-order chi connectivity index (χ0) is 34.5. The highest BCUT2D eigenvalue weighted by Gasteiger charge is 2.30. The van der Waals surface area contributed by atoms with Gasteiger partial charge in [0.15, 0.2) is 0 Å². The number of benzene rings is 6. The van der Waals surface area contributed by atoms with E-state index >= 15 is 0 Å². The van der Waals surface area contributed by atoms with Gasteiger partial charge in [0.1, 0.15) is 0 Å². The predicted octanol–water partition coefficient (Wildman–Crippen LogP) is 13.1. The van der Waals surface area contributed by atoms with Crippen LogP contribution in [0.4, 0.5) is 0 Å². The first-order valence-electron chi connectivity index (χ1n) is 17.7. The second kappa shape index (κ2) is 12.5. The van der Waals surface area contributed by atoms with E-state index in [1.54, 1.807) is 0 Å². The molecule has 0 radical (unpaired) electrons. The van der Waals surface area contributed by atoms with Crippen molar-refractivity contribution in [2.45, 2.75) is 19.3 Å². The molecule has 0 amide bonds. The van der Waals surface area contributed by atoms with Crippen LogP contribution in [0.15, 0.2) is 171 Å². The summed E-state index contributed by atoms with van der Waals surface area (Å²) in [7, 11) is 0. The van der Waals surface area contributed by atoms with Gasteiger partial charge in [-0.2, -0.15) is 0 Å². The number of rotatable bonds is 7. The maximum atomic E-state index is 4.26. The molecule has 1 atom stereocenters. The van der Waals surface area contributed by atoms with Gasteiger partial charge in [0.2, 0.25) is 0 Å². The van der Waals surface area contributed by atoms with Crippen LogP contribution in [0.5, 0.6) is 0 Å². The van der Waals surface area contributed by atoms with Crippen LogP contribution in [-0.4, -0.2) is 9.13 Å². The first kappa shape index (κ1) is 30.7. The number of fused-ring (bicyclic) bond motifs is 4. The lowest BCUT2D eigenvalue weighted by atomic mass is 9.83. The molecule has 0 fully saturated rings. The second-order valence-corrected chi connectivity index (χ2v) is 13.5. The molecule has 1 aliphatic rings. The van der Waals surface area contributed by atoms with Crippen molar-refractivity contribution in [1.29, 1.82) is 0 Å². The summed E-state index contributed by atoms with van der Waals surface area (Å²) in [5, 5.41) is 2.48. The average Bonchev–Trinajstić information content (AvgIpc) is 3.72. The molecule has 6 aromatic carbocycles. The molecule has 2 aromatic heterocycles. The molecule has 0 bridgehead atoms. The Hall–Kier alpha value is -6.38. The maximum absolute atomic E-state index is 4.26. The minimum absolute atomic E-state index is 0.363. The highest BCUT2D eigenvalue weighted by molar-refractivity contribution is 6.10. The van der Waals surface area contributed by atoms with Crippen LogP contribution in [0, 0.1) is 0 Å². The van der Waals surface area contributed by atoms with Crippen molar-refractivity contribution in [3.8, 4) is 33.6 Å². The van der Waals surface area contributed by atoms with Crippen LogP contribution in [-0.2, 0) is 0 Å². The predicted molar refractivity (Wildman–Crippen MR) is 218 cm³/mol. The molecule has 2 heterocycles. The summed E-state index contributed by atoms with van der Waals surface area (Å²) in [6.07, 6.45) is 7.39. The molecular weight excluding hydrogens is 617 g/mol. The SMILES string of the molecule is C=Cc1c2c(n(-c3ccccc3)c1C=C)C(c1ccc3c(c1)c1ccccc1n3-c1cc(-c3ccccc3)cc(-c3ccccc3)c1)=CCC2C. The lowest BCUT2D eigenvalue weighted by molar-refractivity contribution is 0.762. The van der Waals surface area contributed by atoms with Crippen molar-refractivity contribution in [2.75, 3.05) is 0 Å². The van der Waals surface area contributed by atoms with Crippen molar-refractivity contribution in [3.63, 3.8) is 0 Å². The molecule has 0 N–H and O–H groups in total. The topological polar surface area (TPSA) is 9.86 Å². The van der Waals surface area contributed by atoms with Gasteiger partial charge >= 0.3 is 0 Å². The summed E-state index contributed by atoms with van der Waals surface area (Å²) in [5.74, 6) is 0.363. The monoisotopic (exact) mass is 654 g/mol. The Kier molecular flexibility index (Phi) is 7.51. The molecule has 51 heavy (non-hydrogen) atoms. The van der Waals surface area contributed by atoms with Gasteiger partial charge in [0.25, 0.3) is 0 Å². The molecule has 1 aliphatic carbocycles. The van der Waals surface area contributed by atoms with Gasteiger partial charge in [-0.3, -0.25) is 0 Å². The summed E-state index contributed by atoms with van der Waals surface area (Å²) in [4.78, 5) is 0. The largest absolute Gasteiger partial charge is 0.309 e. The standard InChI is InChI=1S/C49H38N2/c1-4-41-45(5-2)51(39-21-13-8-14-22-39)49-42(27-25-33(3)48(41)49)36-26-28-47-44(32-36)43-23-15-16-24-46(43)50(47)40-30-37(34-17-9-6-10-18-34)29-38(31-40)35-19-11-7-12-20-35/h4-24,26-33H,1-2,25H2,3H3. The van der Waals surface area contributed by atoms with Gasteiger partial charge in [-0.25, -0.2) is 0 Å². The van der Waals surface area contributed by atoms with E-state index in [4.69, 9.17) is 0 Å². The Morgan fingerprint density at radius 3 is 1.78 bits per heavy atom. The van der Waals surface area contributed by atoms with Crippen molar-refractivity contribution < 1.29 is 0 Å². The molecule has 9 rings (SSSR count). The first-order chi connectivity index (χ1) is 25.1. The smallest absolute Gasteiger partial charge is 0.0578 e. The minimum Gasteiger partial charge on any atom is -0.309 e. The Bertz CT molecular complexity index is 2580. The quantitative estimate of drug-likeness (QED) is 0.162. The van der Waals surface area contributed by atoms with Crippen molar-refractivity contribution >= 4 is 39.5 Å². The third-order valence-corrected chi connectivity index (χ3v) is 10.5. The van der Waals surface area contributed by atoms with Crippen molar-refractivity contribution in [3.05, 3.63) is 199 Å².